The molecule has 0 atom stereocenters. The highest BCUT2D eigenvalue weighted by Crippen LogP contribution is 2.08. The third kappa shape index (κ3) is 2.12. The maximum atomic E-state index is 8.70. The normalized spacial score (nSPS) is 10.1. The second kappa shape index (κ2) is 4.19. The van der Waals surface area contributed by atoms with E-state index >= 15 is 0 Å². The molecular formula is C13H13N3. The van der Waals surface area contributed by atoms with Gasteiger partial charge in [0.2, 0.25) is 0 Å². The van der Waals surface area contributed by atoms with Gasteiger partial charge in [-0.1, -0.05) is 12.1 Å². The van der Waals surface area contributed by atoms with Gasteiger partial charge in [0.25, 0.3) is 0 Å². The van der Waals surface area contributed by atoms with Crippen LogP contribution in [-0.4, -0.2) is 9.78 Å². The fourth-order valence-electron chi connectivity index (χ4n) is 1.69. The van der Waals surface area contributed by atoms with Gasteiger partial charge in [-0.15, -0.1) is 0 Å². The Morgan fingerprint density at radius 2 is 1.94 bits per heavy atom. The highest BCUT2D eigenvalue weighted by Gasteiger charge is 2.01. The summed E-state index contributed by atoms with van der Waals surface area (Å²) in [6.45, 7) is 4.79. The largest absolute Gasteiger partial charge is 0.265 e. The molecule has 16 heavy (non-hydrogen) atoms. The maximum absolute atomic E-state index is 8.70. The molecule has 0 N–H and O–H groups in total. The van der Waals surface area contributed by atoms with Crippen LogP contribution in [-0.2, 0) is 6.54 Å². The van der Waals surface area contributed by atoms with Crippen molar-refractivity contribution in [3.8, 4) is 6.07 Å². The Morgan fingerprint density at radius 1 is 1.25 bits per heavy atom. The van der Waals surface area contributed by atoms with Crippen LogP contribution in [0.4, 0.5) is 0 Å². The van der Waals surface area contributed by atoms with Crippen LogP contribution in [0.1, 0.15) is 22.5 Å². The number of aromatic nitrogens is 2. The molecule has 2 aromatic rings. The zero-order valence-electron chi connectivity index (χ0n) is 9.44. The summed E-state index contributed by atoms with van der Waals surface area (Å²) in [4.78, 5) is 0. The Kier molecular flexibility index (Phi) is 2.74. The molecule has 3 heteroatoms. The molecule has 3 nitrogen and oxygen atoms in total. The average molecular weight is 211 g/mol. The first-order valence-corrected chi connectivity index (χ1v) is 5.19. The standard InChI is InChI=1S/C13H13N3/c1-10-7-11(2)16(15-10)9-13-5-3-12(8-14)4-6-13/h3-7H,9H2,1-2H3. The van der Waals surface area contributed by atoms with Gasteiger partial charge in [0.1, 0.15) is 0 Å². The Balaban J connectivity index is 2.21. The number of benzene rings is 1. The van der Waals surface area contributed by atoms with E-state index in [1.165, 1.54) is 0 Å². The van der Waals surface area contributed by atoms with Crippen molar-refractivity contribution < 1.29 is 0 Å². The van der Waals surface area contributed by atoms with Crippen LogP contribution in [0, 0.1) is 25.2 Å². The van der Waals surface area contributed by atoms with E-state index < -0.39 is 0 Å². The topological polar surface area (TPSA) is 41.6 Å². The van der Waals surface area contributed by atoms with E-state index in [-0.39, 0.29) is 0 Å². The zero-order chi connectivity index (χ0) is 11.5. The molecule has 1 aromatic carbocycles. The van der Waals surface area contributed by atoms with E-state index in [1.807, 2.05) is 42.8 Å². The summed E-state index contributed by atoms with van der Waals surface area (Å²) in [6.07, 6.45) is 0. The van der Waals surface area contributed by atoms with Crippen molar-refractivity contribution in [1.82, 2.24) is 9.78 Å². The molecule has 0 aliphatic carbocycles. The molecule has 0 aliphatic heterocycles. The summed E-state index contributed by atoms with van der Waals surface area (Å²) >= 11 is 0. The van der Waals surface area contributed by atoms with Crippen molar-refractivity contribution in [2.45, 2.75) is 20.4 Å². The second-order valence-electron chi connectivity index (χ2n) is 3.89. The van der Waals surface area contributed by atoms with Gasteiger partial charge in [-0.2, -0.15) is 10.4 Å². The number of nitriles is 1. The number of aryl methyl sites for hydroxylation is 2. The first kappa shape index (κ1) is 10.4. The van der Waals surface area contributed by atoms with Crippen LogP contribution in [0.2, 0.25) is 0 Å². The van der Waals surface area contributed by atoms with Crippen molar-refractivity contribution >= 4 is 0 Å². The van der Waals surface area contributed by atoms with Gasteiger partial charge in [-0.3, -0.25) is 4.68 Å². The van der Waals surface area contributed by atoms with E-state index in [4.69, 9.17) is 5.26 Å². The Hall–Kier alpha value is -2.08. The van der Waals surface area contributed by atoms with Crippen LogP contribution in [0.3, 0.4) is 0 Å². The van der Waals surface area contributed by atoms with E-state index in [0.29, 0.717) is 5.56 Å². The first-order chi connectivity index (χ1) is 7.69. The molecule has 2 rings (SSSR count). The van der Waals surface area contributed by atoms with Crippen molar-refractivity contribution in [3.05, 3.63) is 52.8 Å². The van der Waals surface area contributed by atoms with Gasteiger partial charge in [0, 0.05) is 5.69 Å². The summed E-state index contributed by atoms with van der Waals surface area (Å²) in [6, 6.07) is 11.8. The summed E-state index contributed by atoms with van der Waals surface area (Å²) in [7, 11) is 0. The lowest BCUT2D eigenvalue weighted by molar-refractivity contribution is 0.659. The quantitative estimate of drug-likeness (QED) is 0.765. The summed E-state index contributed by atoms with van der Waals surface area (Å²) in [5, 5.41) is 13.1. The van der Waals surface area contributed by atoms with Crippen molar-refractivity contribution in [2.75, 3.05) is 0 Å². The van der Waals surface area contributed by atoms with Gasteiger partial charge >= 0.3 is 0 Å². The highest BCUT2D eigenvalue weighted by molar-refractivity contribution is 5.31. The molecule has 0 aliphatic rings. The second-order valence-corrected chi connectivity index (χ2v) is 3.89. The highest BCUT2D eigenvalue weighted by atomic mass is 15.3. The van der Waals surface area contributed by atoms with E-state index in [2.05, 4.69) is 17.2 Å². The van der Waals surface area contributed by atoms with Gasteiger partial charge in [-0.05, 0) is 37.6 Å². The van der Waals surface area contributed by atoms with Gasteiger partial charge in [0.15, 0.2) is 0 Å². The third-order valence-corrected chi connectivity index (χ3v) is 2.52. The fraction of sp³-hybridized carbons (Fsp3) is 0.231. The maximum Gasteiger partial charge on any atom is 0.0991 e. The molecule has 80 valence electrons. The van der Waals surface area contributed by atoms with Crippen molar-refractivity contribution in [2.24, 2.45) is 0 Å². The molecule has 0 saturated carbocycles. The van der Waals surface area contributed by atoms with E-state index in [1.54, 1.807) is 0 Å². The van der Waals surface area contributed by atoms with Crippen LogP contribution < -0.4 is 0 Å². The Labute approximate surface area is 94.9 Å². The van der Waals surface area contributed by atoms with Crippen LogP contribution >= 0.6 is 0 Å². The summed E-state index contributed by atoms with van der Waals surface area (Å²) in [5.41, 5.74) is 4.04. The number of hydrogen-bond acceptors (Lipinski definition) is 2. The lowest BCUT2D eigenvalue weighted by atomic mass is 10.1. The minimum atomic E-state index is 0.692. The van der Waals surface area contributed by atoms with E-state index in [0.717, 1.165) is 23.5 Å². The monoisotopic (exact) mass is 211 g/mol. The molecule has 1 heterocycles. The molecule has 0 fully saturated rings. The predicted molar refractivity (Wildman–Crippen MR) is 62.0 cm³/mol. The number of rotatable bonds is 2. The van der Waals surface area contributed by atoms with Crippen LogP contribution in [0.25, 0.3) is 0 Å². The number of nitrogens with zero attached hydrogens (tertiary/aromatic N) is 3. The molecule has 0 amide bonds. The predicted octanol–water partition coefficient (Wildman–Crippen LogP) is 2.42. The lowest BCUT2D eigenvalue weighted by Crippen LogP contribution is -2.03. The smallest absolute Gasteiger partial charge is 0.0991 e. The van der Waals surface area contributed by atoms with Gasteiger partial charge < -0.3 is 0 Å². The summed E-state index contributed by atoms with van der Waals surface area (Å²) in [5.74, 6) is 0. The SMILES string of the molecule is Cc1cc(C)n(Cc2ccc(C#N)cc2)n1. The minimum Gasteiger partial charge on any atom is -0.265 e. The lowest BCUT2D eigenvalue weighted by Gasteiger charge is -2.04. The molecule has 0 spiro atoms. The third-order valence-electron chi connectivity index (χ3n) is 2.52. The Morgan fingerprint density at radius 3 is 2.44 bits per heavy atom. The molecule has 1 aromatic heterocycles. The van der Waals surface area contributed by atoms with Gasteiger partial charge in [-0.25, -0.2) is 0 Å². The number of hydrogen-bond donors (Lipinski definition) is 0. The van der Waals surface area contributed by atoms with Crippen molar-refractivity contribution in [1.29, 1.82) is 5.26 Å². The molecule has 0 bridgehead atoms. The first-order valence-electron chi connectivity index (χ1n) is 5.19. The van der Waals surface area contributed by atoms with Crippen LogP contribution in [0.5, 0.6) is 0 Å². The fourth-order valence-corrected chi connectivity index (χ4v) is 1.69. The average Bonchev–Trinajstić information content (AvgIpc) is 2.59. The van der Waals surface area contributed by atoms with Gasteiger partial charge in [0.05, 0.1) is 23.9 Å². The molecular weight excluding hydrogens is 198 g/mol. The van der Waals surface area contributed by atoms with E-state index in [9.17, 15) is 0 Å². The molecule has 0 saturated heterocycles. The minimum absolute atomic E-state index is 0.692. The van der Waals surface area contributed by atoms with Crippen LogP contribution in [0.15, 0.2) is 30.3 Å². The summed E-state index contributed by atoms with van der Waals surface area (Å²) < 4.78 is 1.97. The molecule has 0 unspecified atom stereocenters. The van der Waals surface area contributed by atoms with Crippen molar-refractivity contribution in [3.63, 3.8) is 0 Å². The Bertz CT molecular complexity index is 529. The molecule has 0 radical (unpaired) electrons. The zero-order valence-corrected chi connectivity index (χ0v) is 9.44.